The Labute approximate surface area is 149 Å². The van der Waals surface area contributed by atoms with E-state index in [-0.39, 0.29) is 24.2 Å². The molecule has 8 heteroatoms. The van der Waals surface area contributed by atoms with Crippen molar-refractivity contribution < 1.29 is 22.7 Å². The number of nitrogens with one attached hydrogen (secondary N) is 1. The summed E-state index contributed by atoms with van der Waals surface area (Å²) in [6.07, 6.45) is 0.920. The lowest BCUT2D eigenvalue weighted by atomic mass is 10.1. The van der Waals surface area contributed by atoms with E-state index in [1.807, 2.05) is 31.2 Å². The Bertz CT molecular complexity index is 660. The first-order chi connectivity index (χ1) is 11.9. The molecule has 1 heterocycles. The molecule has 1 aromatic rings. The van der Waals surface area contributed by atoms with Crippen LogP contribution in [0.5, 0.6) is 5.75 Å². The van der Waals surface area contributed by atoms with Crippen molar-refractivity contribution in [3.63, 3.8) is 0 Å². The minimum absolute atomic E-state index is 0.0917. The van der Waals surface area contributed by atoms with Gasteiger partial charge in [0.15, 0.2) is 0 Å². The molecule has 1 N–H and O–H groups in total. The smallest absolute Gasteiger partial charge is 0.220 e. The highest BCUT2D eigenvalue weighted by Crippen LogP contribution is 2.13. The Morgan fingerprint density at radius 1 is 1.36 bits per heavy atom. The molecule has 1 amide bonds. The van der Waals surface area contributed by atoms with Gasteiger partial charge in [0.05, 0.1) is 26.1 Å². The monoisotopic (exact) mass is 370 g/mol. The molecule has 25 heavy (non-hydrogen) atoms. The predicted octanol–water partition coefficient (Wildman–Crippen LogP) is 0.795. The Balaban J connectivity index is 1.72. The van der Waals surface area contributed by atoms with Crippen molar-refractivity contribution in [2.45, 2.75) is 25.8 Å². The molecular formula is C17H26N2O5S. The summed E-state index contributed by atoms with van der Waals surface area (Å²) < 4.78 is 36.5. The van der Waals surface area contributed by atoms with E-state index in [9.17, 15) is 13.2 Å². The van der Waals surface area contributed by atoms with Crippen LogP contribution in [0, 0.1) is 0 Å². The fourth-order valence-electron chi connectivity index (χ4n) is 2.70. The number of hydrogen-bond donors (Lipinski definition) is 1. The van der Waals surface area contributed by atoms with Crippen LogP contribution >= 0.6 is 0 Å². The van der Waals surface area contributed by atoms with E-state index in [1.165, 1.54) is 4.31 Å². The average Bonchev–Trinajstić information content (AvgIpc) is 2.60. The molecule has 0 radical (unpaired) electrons. The number of aryl methyl sites for hydroxylation is 1. The summed E-state index contributed by atoms with van der Waals surface area (Å²) in [6.45, 7) is 3.14. The molecule has 1 aliphatic rings. The highest BCUT2D eigenvalue weighted by Gasteiger charge is 2.29. The second kappa shape index (κ2) is 9.17. The van der Waals surface area contributed by atoms with Crippen molar-refractivity contribution in [2.24, 2.45) is 0 Å². The third-order valence-corrected chi connectivity index (χ3v) is 6.12. The van der Waals surface area contributed by atoms with Crippen molar-refractivity contribution in [2.75, 3.05) is 39.2 Å². The van der Waals surface area contributed by atoms with Crippen molar-refractivity contribution in [3.8, 4) is 5.75 Å². The van der Waals surface area contributed by atoms with Crippen molar-refractivity contribution in [3.05, 3.63) is 29.8 Å². The lowest BCUT2D eigenvalue weighted by Gasteiger charge is -2.32. The molecule has 1 saturated heterocycles. The zero-order valence-electron chi connectivity index (χ0n) is 14.7. The van der Waals surface area contributed by atoms with Crippen molar-refractivity contribution in [1.82, 2.24) is 9.62 Å². The summed E-state index contributed by atoms with van der Waals surface area (Å²) in [5.41, 5.74) is 1.03. The van der Waals surface area contributed by atoms with Gasteiger partial charge in [0.25, 0.3) is 0 Å². The van der Waals surface area contributed by atoms with Crippen LogP contribution in [0.1, 0.15) is 18.9 Å². The minimum Gasteiger partial charge on any atom is -0.497 e. The fraction of sp³-hybridized carbons (Fsp3) is 0.588. The van der Waals surface area contributed by atoms with E-state index in [1.54, 1.807) is 7.11 Å². The van der Waals surface area contributed by atoms with E-state index in [0.717, 1.165) is 11.3 Å². The topological polar surface area (TPSA) is 84.9 Å². The van der Waals surface area contributed by atoms with Gasteiger partial charge in [-0.2, -0.15) is 4.31 Å². The average molecular weight is 370 g/mol. The maximum absolute atomic E-state index is 12.3. The molecule has 7 nitrogen and oxygen atoms in total. The van der Waals surface area contributed by atoms with Crippen LogP contribution < -0.4 is 10.1 Å². The van der Waals surface area contributed by atoms with Gasteiger partial charge in [-0.15, -0.1) is 0 Å². The van der Waals surface area contributed by atoms with Gasteiger partial charge in [-0.1, -0.05) is 12.1 Å². The summed E-state index contributed by atoms with van der Waals surface area (Å²) in [7, 11) is -1.77. The van der Waals surface area contributed by atoms with Crippen molar-refractivity contribution >= 4 is 15.9 Å². The van der Waals surface area contributed by atoms with Crippen LogP contribution in [-0.4, -0.2) is 63.8 Å². The van der Waals surface area contributed by atoms with Crippen LogP contribution in [0.15, 0.2) is 24.3 Å². The second-order valence-electron chi connectivity index (χ2n) is 6.05. The Morgan fingerprint density at radius 2 is 2.08 bits per heavy atom. The highest BCUT2D eigenvalue weighted by atomic mass is 32.2. The van der Waals surface area contributed by atoms with E-state index in [0.29, 0.717) is 32.6 Å². The normalized spacial score (nSPS) is 18.7. The lowest BCUT2D eigenvalue weighted by Crippen LogP contribution is -2.49. The molecule has 0 bridgehead atoms. The predicted molar refractivity (Wildman–Crippen MR) is 95.1 cm³/mol. The molecule has 2 rings (SSSR count). The SMILES string of the molecule is COc1ccc(CCC(=O)NCCS(=O)(=O)N2CCOCC2C)cc1. The number of carbonyl (C=O) groups is 1. The minimum atomic E-state index is -3.38. The Morgan fingerprint density at radius 3 is 2.72 bits per heavy atom. The zero-order chi connectivity index (χ0) is 18.3. The summed E-state index contributed by atoms with van der Waals surface area (Å²) in [6, 6.07) is 7.36. The van der Waals surface area contributed by atoms with Crippen LogP contribution in [0.2, 0.25) is 0 Å². The quantitative estimate of drug-likeness (QED) is 0.731. The van der Waals surface area contributed by atoms with Gasteiger partial charge in [0.1, 0.15) is 5.75 Å². The maximum atomic E-state index is 12.3. The van der Waals surface area contributed by atoms with E-state index in [2.05, 4.69) is 5.32 Å². The largest absolute Gasteiger partial charge is 0.497 e. The van der Waals surface area contributed by atoms with Gasteiger partial charge in [-0.25, -0.2) is 8.42 Å². The number of rotatable bonds is 8. The number of carbonyl (C=O) groups excluding carboxylic acids is 1. The van der Waals surface area contributed by atoms with Gasteiger partial charge in [0.2, 0.25) is 15.9 Å². The summed E-state index contributed by atoms with van der Waals surface area (Å²) in [4.78, 5) is 11.9. The molecule has 0 aliphatic carbocycles. The summed E-state index contributed by atoms with van der Waals surface area (Å²) in [5.74, 6) is 0.530. The van der Waals surface area contributed by atoms with Gasteiger partial charge in [-0.05, 0) is 31.0 Å². The van der Waals surface area contributed by atoms with E-state index < -0.39 is 10.0 Å². The lowest BCUT2D eigenvalue weighted by molar-refractivity contribution is -0.120. The molecule has 0 spiro atoms. The molecule has 1 atom stereocenters. The Kier molecular flexibility index (Phi) is 7.22. The number of morpholine rings is 1. The van der Waals surface area contributed by atoms with Gasteiger partial charge < -0.3 is 14.8 Å². The number of sulfonamides is 1. The summed E-state index contributed by atoms with van der Waals surface area (Å²) >= 11 is 0. The molecule has 1 aliphatic heterocycles. The first kappa shape index (κ1) is 19.7. The molecule has 1 unspecified atom stereocenters. The van der Waals surface area contributed by atoms with Gasteiger partial charge >= 0.3 is 0 Å². The van der Waals surface area contributed by atoms with Crippen LogP contribution in [0.4, 0.5) is 0 Å². The zero-order valence-corrected chi connectivity index (χ0v) is 15.5. The third kappa shape index (κ3) is 5.98. The van der Waals surface area contributed by atoms with Crippen LogP contribution in [-0.2, 0) is 26.0 Å². The number of ether oxygens (including phenoxy) is 2. The number of methoxy groups -OCH3 is 1. The van der Waals surface area contributed by atoms with E-state index >= 15 is 0 Å². The van der Waals surface area contributed by atoms with E-state index in [4.69, 9.17) is 9.47 Å². The van der Waals surface area contributed by atoms with Gasteiger partial charge in [0, 0.05) is 25.6 Å². The summed E-state index contributed by atoms with van der Waals surface area (Å²) in [5, 5.41) is 2.68. The molecule has 0 saturated carbocycles. The van der Waals surface area contributed by atoms with Crippen molar-refractivity contribution in [1.29, 1.82) is 0 Å². The molecule has 1 aromatic carbocycles. The number of benzene rings is 1. The molecular weight excluding hydrogens is 344 g/mol. The Hall–Kier alpha value is -1.64. The first-order valence-corrected chi connectivity index (χ1v) is 10.00. The van der Waals surface area contributed by atoms with Crippen LogP contribution in [0.25, 0.3) is 0 Å². The number of nitrogens with zero attached hydrogens (tertiary/aromatic N) is 1. The number of hydrogen-bond acceptors (Lipinski definition) is 5. The molecule has 140 valence electrons. The van der Waals surface area contributed by atoms with Crippen LogP contribution in [0.3, 0.4) is 0 Å². The molecule has 0 aromatic heterocycles. The third-order valence-electron chi connectivity index (χ3n) is 4.15. The highest BCUT2D eigenvalue weighted by molar-refractivity contribution is 7.89. The molecule has 1 fully saturated rings. The maximum Gasteiger partial charge on any atom is 0.220 e. The standard InChI is InChI=1S/C17H26N2O5S/c1-14-13-24-11-10-19(14)25(21,22)12-9-18-17(20)8-5-15-3-6-16(23-2)7-4-15/h3-4,6-7,14H,5,8-13H2,1-2H3,(H,18,20). The fourth-order valence-corrected chi connectivity index (χ4v) is 4.26. The number of amides is 1. The second-order valence-corrected chi connectivity index (χ2v) is 8.09. The first-order valence-electron chi connectivity index (χ1n) is 8.39. The van der Waals surface area contributed by atoms with Gasteiger partial charge in [-0.3, -0.25) is 4.79 Å².